The van der Waals surface area contributed by atoms with Gasteiger partial charge in [-0.1, -0.05) is 36.8 Å². The van der Waals surface area contributed by atoms with Gasteiger partial charge in [-0.2, -0.15) is 5.10 Å². The van der Waals surface area contributed by atoms with Gasteiger partial charge in [-0.3, -0.25) is 4.79 Å². The minimum Gasteiger partial charge on any atom is -0.303 e. The third kappa shape index (κ3) is 4.54. The normalized spacial score (nSPS) is 21.9. The summed E-state index contributed by atoms with van der Waals surface area (Å²) in [6.45, 7) is 4.68. The van der Waals surface area contributed by atoms with Crippen molar-refractivity contribution in [2.75, 3.05) is 19.6 Å². The van der Waals surface area contributed by atoms with Crippen LogP contribution >= 0.6 is 0 Å². The molecule has 1 amide bonds. The van der Waals surface area contributed by atoms with Crippen LogP contribution in [-0.4, -0.2) is 41.2 Å². The van der Waals surface area contributed by atoms with Crippen LogP contribution in [0.3, 0.4) is 0 Å². The van der Waals surface area contributed by atoms with E-state index in [1.165, 1.54) is 37.3 Å². The van der Waals surface area contributed by atoms with Gasteiger partial charge in [0.25, 0.3) is 0 Å². The summed E-state index contributed by atoms with van der Waals surface area (Å²) in [5, 5.41) is 6.03. The Hall–Kier alpha value is -2.60. The molecule has 0 N–H and O–H groups in total. The molecule has 0 aliphatic carbocycles. The van der Waals surface area contributed by atoms with Crippen molar-refractivity contribution in [1.29, 1.82) is 0 Å². The van der Waals surface area contributed by atoms with E-state index in [9.17, 15) is 13.6 Å². The van der Waals surface area contributed by atoms with Crippen LogP contribution in [0.25, 0.3) is 0 Å². The molecular formula is C25H29F2N3O. The lowest BCUT2D eigenvalue weighted by Crippen LogP contribution is -2.43. The maximum atomic E-state index is 14.5. The van der Waals surface area contributed by atoms with Crippen LogP contribution in [-0.2, 0) is 10.3 Å². The first-order valence-corrected chi connectivity index (χ1v) is 11.1. The molecule has 1 saturated heterocycles. The molecule has 0 radical (unpaired) electrons. The number of carbonyl (C=O) groups is 1. The Morgan fingerprint density at radius 2 is 1.81 bits per heavy atom. The second-order valence-corrected chi connectivity index (χ2v) is 8.58. The van der Waals surface area contributed by atoms with E-state index in [1.807, 2.05) is 30.3 Å². The smallest absolute Gasteiger partial charge is 0.240 e. The van der Waals surface area contributed by atoms with Crippen molar-refractivity contribution in [2.45, 2.75) is 51.0 Å². The molecule has 1 fully saturated rings. The molecule has 2 aliphatic heterocycles. The zero-order valence-electron chi connectivity index (χ0n) is 18.0. The first-order valence-electron chi connectivity index (χ1n) is 11.1. The van der Waals surface area contributed by atoms with Crippen molar-refractivity contribution in [1.82, 2.24) is 9.91 Å². The first-order chi connectivity index (χ1) is 15.0. The fourth-order valence-electron chi connectivity index (χ4n) is 4.93. The lowest BCUT2D eigenvalue weighted by molar-refractivity contribution is -0.135. The number of nitrogens with zero attached hydrogens (tertiary/aromatic N) is 3. The molecule has 2 aromatic carbocycles. The maximum absolute atomic E-state index is 14.5. The SMILES string of the molecule is CC(=O)N1N=C(c2cc(F)ccc2F)C[C@@]1(CCCN1CCCCC1)c1ccccc1. The Balaban J connectivity index is 1.66. The number of benzene rings is 2. The Kier molecular flexibility index (Phi) is 6.46. The molecule has 164 valence electrons. The molecular weight excluding hydrogens is 396 g/mol. The monoisotopic (exact) mass is 425 g/mol. The third-order valence-electron chi connectivity index (χ3n) is 6.45. The van der Waals surface area contributed by atoms with Gasteiger partial charge in [-0.15, -0.1) is 0 Å². The van der Waals surface area contributed by atoms with Gasteiger partial charge < -0.3 is 4.90 Å². The number of amides is 1. The fourth-order valence-corrected chi connectivity index (χ4v) is 4.93. The summed E-state index contributed by atoms with van der Waals surface area (Å²) in [6.07, 6.45) is 5.71. The van der Waals surface area contributed by atoms with Gasteiger partial charge in [0.1, 0.15) is 11.6 Å². The lowest BCUT2D eigenvalue weighted by atomic mass is 9.80. The molecule has 31 heavy (non-hydrogen) atoms. The van der Waals surface area contributed by atoms with E-state index in [1.54, 1.807) is 0 Å². The summed E-state index contributed by atoms with van der Waals surface area (Å²) >= 11 is 0. The lowest BCUT2D eigenvalue weighted by Gasteiger charge is -2.37. The topological polar surface area (TPSA) is 35.9 Å². The highest BCUT2D eigenvalue weighted by atomic mass is 19.1. The molecule has 0 unspecified atom stereocenters. The van der Waals surface area contributed by atoms with E-state index < -0.39 is 17.2 Å². The molecule has 0 spiro atoms. The zero-order chi connectivity index (χ0) is 21.8. The van der Waals surface area contributed by atoms with Crippen molar-refractivity contribution in [2.24, 2.45) is 5.10 Å². The zero-order valence-corrected chi connectivity index (χ0v) is 18.0. The predicted octanol–water partition coefficient (Wildman–Crippen LogP) is 5.08. The number of halogens is 2. The van der Waals surface area contributed by atoms with E-state index in [4.69, 9.17) is 0 Å². The van der Waals surface area contributed by atoms with Crippen LogP contribution in [0.5, 0.6) is 0 Å². The van der Waals surface area contributed by atoms with Crippen LogP contribution < -0.4 is 0 Å². The number of rotatable bonds is 6. The summed E-state index contributed by atoms with van der Waals surface area (Å²) < 4.78 is 28.4. The van der Waals surface area contributed by atoms with Gasteiger partial charge in [0.05, 0.1) is 11.3 Å². The highest BCUT2D eigenvalue weighted by Gasteiger charge is 2.46. The van der Waals surface area contributed by atoms with Crippen molar-refractivity contribution < 1.29 is 13.6 Å². The number of piperidine rings is 1. The van der Waals surface area contributed by atoms with Gasteiger partial charge in [-0.05, 0) is 69.1 Å². The van der Waals surface area contributed by atoms with Crippen molar-refractivity contribution in [3.63, 3.8) is 0 Å². The van der Waals surface area contributed by atoms with Gasteiger partial charge in [0.15, 0.2) is 0 Å². The van der Waals surface area contributed by atoms with Gasteiger partial charge in [-0.25, -0.2) is 13.8 Å². The summed E-state index contributed by atoms with van der Waals surface area (Å²) in [4.78, 5) is 15.1. The van der Waals surface area contributed by atoms with E-state index in [0.717, 1.165) is 43.8 Å². The van der Waals surface area contributed by atoms with Crippen LogP contribution in [0.15, 0.2) is 53.6 Å². The summed E-state index contributed by atoms with van der Waals surface area (Å²) in [7, 11) is 0. The Bertz CT molecular complexity index is 956. The number of hydrogen-bond acceptors (Lipinski definition) is 3. The van der Waals surface area contributed by atoms with Gasteiger partial charge >= 0.3 is 0 Å². The number of carbonyl (C=O) groups excluding carboxylic acids is 1. The Morgan fingerprint density at radius 1 is 1.06 bits per heavy atom. The van der Waals surface area contributed by atoms with E-state index in [0.29, 0.717) is 18.6 Å². The van der Waals surface area contributed by atoms with E-state index >= 15 is 0 Å². The average molecular weight is 426 g/mol. The third-order valence-corrected chi connectivity index (χ3v) is 6.45. The fraction of sp³-hybridized carbons (Fsp3) is 0.440. The minimum absolute atomic E-state index is 0.125. The van der Waals surface area contributed by atoms with Crippen LogP contribution in [0, 0.1) is 11.6 Å². The average Bonchev–Trinajstić information content (AvgIpc) is 3.18. The molecule has 2 heterocycles. The first kappa shape index (κ1) is 21.6. The van der Waals surface area contributed by atoms with E-state index in [2.05, 4.69) is 10.0 Å². The summed E-state index contributed by atoms with van der Waals surface area (Å²) in [6, 6.07) is 13.2. The molecule has 4 rings (SSSR count). The van der Waals surface area contributed by atoms with Gasteiger partial charge in [0, 0.05) is 18.9 Å². The molecule has 2 aromatic rings. The van der Waals surface area contributed by atoms with Crippen molar-refractivity contribution >= 4 is 11.6 Å². The predicted molar refractivity (Wildman–Crippen MR) is 118 cm³/mol. The highest BCUT2D eigenvalue weighted by Crippen LogP contribution is 2.43. The highest BCUT2D eigenvalue weighted by molar-refractivity contribution is 6.03. The second-order valence-electron chi connectivity index (χ2n) is 8.58. The largest absolute Gasteiger partial charge is 0.303 e. The quantitative estimate of drug-likeness (QED) is 0.647. The van der Waals surface area contributed by atoms with Crippen LogP contribution in [0.4, 0.5) is 8.78 Å². The molecule has 6 heteroatoms. The van der Waals surface area contributed by atoms with Crippen LogP contribution in [0.2, 0.25) is 0 Å². The molecule has 0 aromatic heterocycles. The Morgan fingerprint density at radius 3 is 2.52 bits per heavy atom. The van der Waals surface area contributed by atoms with Crippen molar-refractivity contribution in [3.05, 3.63) is 71.3 Å². The maximum Gasteiger partial charge on any atom is 0.240 e. The molecule has 1 atom stereocenters. The van der Waals surface area contributed by atoms with Crippen LogP contribution in [0.1, 0.15) is 56.6 Å². The van der Waals surface area contributed by atoms with Gasteiger partial charge in [0.2, 0.25) is 5.91 Å². The standard InChI is InChI=1S/C25H29F2N3O/c1-19(31)30-25(20-9-4-2-5-10-20,13-8-16-29-14-6-3-7-15-29)18-24(28-30)22-17-21(26)11-12-23(22)27/h2,4-5,9-12,17H,3,6-8,13-16,18H2,1H3/t25-/m0/s1. The molecule has 2 aliphatic rings. The second kappa shape index (κ2) is 9.27. The number of hydrogen-bond donors (Lipinski definition) is 0. The summed E-state index contributed by atoms with van der Waals surface area (Å²) in [5.74, 6) is -1.25. The molecule has 4 nitrogen and oxygen atoms in total. The Labute approximate surface area is 182 Å². The van der Waals surface area contributed by atoms with Crippen molar-refractivity contribution in [3.8, 4) is 0 Å². The minimum atomic E-state index is -0.697. The number of hydrazone groups is 1. The molecule has 0 saturated carbocycles. The summed E-state index contributed by atoms with van der Waals surface area (Å²) in [5.41, 5.74) is 0.810. The number of likely N-dealkylation sites (tertiary alicyclic amines) is 1. The molecule has 0 bridgehead atoms. The van der Waals surface area contributed by atoms with E-state index in [-0.39, 0.29) is 11.5 Å².